The minimum absolute atomic E-state index is 0.870. The van der Waals surface area contributed by atoms with Crippen LogP contribution in [0.15, 0.2) is 0 Å². The van der Waals surface area contributed by atoms with Crippen LogP contribution in [0.25, 0.3) is 0 Å². The van der Waals surface area contributed by atoms with Crippen molar-refractivity contribution in [2.45, 2.75) is 64.7 Å². The highest BCUT2D eigenvalue weighted by Crippen LogP contribution is 2.21. The van der Waals surface area contributed by atoms with Crippen LogP contribution in [0, 0.1) is 5.92 Å². The third-order valence-electron chi connectivity index (χ3n) is 3.90. The van der Waals surface area contributed by atoms with Gasteiger partial charge in [0.1, 0.15) is 0 Å². The van der Waals surface area contributed by atoms with Gasteiger partial charge in [-0.1, -0.05) is 45.4 Å². The fourth-order valence-corrected chi connectivity index (χ4v) is 2.72. The summed E-state index contributed by atoms with van der Waals surface area (Å²) in [6.45, 7) is 4.97. The summed E-state index contributed by atoms with van der Waals surface area (Å²) in [5.74, 6) is 1.01. The molecule has 1 aliphatic heterocycles. The van der Waals surface area contributed by atoms with Crippen molar-refractivity contribution >= 4 is 10.4 Å². The van der Waals surface area contributed by atoms with Gasteiger partial charge in [0.05, 0.1) is 7.11 Å². The van der Waals surface area contributed by atoms with Crippen LogP contribution >= 0.6 is 0 Å². The molecule has 0 spiro atoms. The molecule has 1 heterocycles. The number of nitrogens with zero attached hydrogens (tertiary/aromatic N) is 1. The van der Waals surface area contributed by atoms with Gasteiger partial charge in [0.15, 0.2) is 0 Å². The van der Waals surface area contributed by atoms with Gasteiger partial charge >= 0.3 is 10.4 Å². The molecule has 6 heteroatoms. The van der Waals surface area contributed by atoms with E-state index >= 15 is 0 Å². The smallest absolute Gasteiger partial charge is 0.306 e. The summed E-state index contributed by atoms with van der Waals surface area (Å²) in [4.78, 5) is 2.51. The average molecular weight is 323 g/mol. The molecule has 1 unspecified atom stereocenters. The molecule has 0 amide bonds. The second-order valence-corrected chi connectivity index (χ2v) is 7.11. The second kappa shape index (κ2) is 12.4. The van der Waals surface area contributed by atoms with Crippen LogP contribution in [0.5, 0.6) is 0 Å². The molecule has 1 N–H and O–H groups in total. The molecule has 1 saturated heterocycles. The summed E-state index contributed by atoms with van der Waals surface area (Å²) >= 11 is 0. The predicted octanol–water partition coefficient (Wildman–Crippen LogP) is 3.51. The minimum atomic E-state index is -4.16. The zero-order valence-corrected chi connectivity index (χ0v) is 14.7. The lowest BCUT2D eigenvalue weighted by Crippen LogP contribution is -2.31. The summed E-state index contributed by atoms with van der Waals surface area (Å²) in [6, 6.07) is 0. The highest BCUT2D eigenvalue weighted by atomic mass is 32.3. The van der Waals surface area contributed by atoms with Gasteiger partial charge in [-0.05, 0) is 38.8 Å². The van der Waals surface area contributed by atoms with E-state index in [1.165, 1.54) is 70.9 Å². The lowest BCUT2D eigenvalue weighted by molar-refractivity contribution is 0.199. The van der Waals surface area contributed by atoms with Crippen LogP contribution in [-0.2, 0) is 14.6 Å². The molecule has 5 nitrogen and oxygen atoms in total. The van der Waals surface area contributed by atoms with Crippen molar-refractivity contribution in [3.05, 3.63) is 0 Å². The fraction of sp³-hybridized carbons (Fsp3) is 1.00. The van der Waals surface area contributed by atoms with Gasteiger partial charge in [-0.3, -0.25) is 8.74 Å². The first-order valence-electron chi connectivity index (χ1n) is 8.10. The molecular formula is C15H33NO4S. The van der Waals surface area contributed by atoms with Crippen LogP contribution < -0.4 is 0 Å². The Morgan fingerprint density at radius 3 is 2.29 bits per heavy atom. The molecule has 0 aromatic heterocycles. The summed E-state index contributed by atoms with van der Waals surface area (Å²) in [5, 5.41) is 0. The number of hydrogen-bond acceptors (Lipinski definition) is 4. The van der Waals surface area contributed by atoms with Crippen molar-refractivity contribution < 1.29 is 17.2 Å². The second-order valence-electron chi connectivity index (χ2n) is 5.92. The number of piperidine rings is 1. The molecule has 1 atom stereocenters. The van der Waals surface area contributed by atoms with Crippen LogP contribution in [-0.4, -0.2) is 45.1 Å². The zero-order chi connectivity index (χ0) is 16.1. The third-order valence-corrected chi connectivity index (χ3v) is 4.32. The van der Waals surface area contributed by atoms with Gasteiger partial charge in [0.2, 0.25) is 0 Å². The Bertz CT molecular complexity index is 333. The van der Waals surface area contributed by atoms with Crippen molar-refractivity contribution in [1.82, 2.24) is 4.90 Å². The van der Waals surface area contributed by atoms with E-state index in [2.05, 4.69) is 23.1 Å². The molecule has 0 aromatic carbocycles. The van der Waals surface area contributed by atoms with Crippen molar-refractivity contribution in [3.8, 4) is 0 Å². The highest BCUT2D eigenvalue weighted by Gasteiger charge is 2.16. The standard InChI is InChI=1S/C14H29N.CH4O4S/c1-3-4-5-6-7-8-10-14-11-9-12-15(2)13-14;1-5-6(2,3)4/h14H,3-13H2,1-2H3;1H3,(H,2,3,4). The summed E-state index contributed by atoms with van der Waals surface area (Å²) in [7, 11) is -1.02. The van der Waals surface area contributed by atoms with Crippen LogP contribution in [0.1, 0.15) is 64.7 Å². The van der Waals surface area contributed by atoms with E-state index in [0.717, 1.165) is 13.0 Å². The van der Waals surface area contributed by atoms with Gasteiger partial charge < -0.3 is 4.90 Å². The van der Waals surface area contributed by atoms with Crippen molar-refractivity contribution in [3.63, 3.8) is 0 Å². The first kappa shape index (κ1) is 20.8. The maximum Gasteiger partial charge on any atom is 0.397 e. The minimum Gasteiger partial charge on any atom is -0.306 e. The number of unbranched alkanes of at least 4 members (excludes halogenated alkanes) is 5. The highest BCUT2D eigenvalue weighted by molar-refractivity contribution is 7.80. The average Bonchev–Trinajstić information content (AvgIpc) is 2.43. The summed E-state index contributed by atoms with van der Waals surface area (Å²) in [5.41, 5.74) is 0. The molecule has 1 rings (SSSR count). The van der Waals surface area contributed by atoms with Crippen molar-refractivity contribution in [2.75, 3.05) is 27.2 Å². The molecule has 0 aliphatic carbocycles. The Kier molecular flexibility index (Phi) is 12.3. The third kappa shape index (κ3) is 14.5. The van der Waals surface area contributed by atoms with Crippen LogP contribution in [0.2, 0.25) is 0 Å². The number of hydrogen-bond donors (Lipinski definition) is 1. The normalized spacial score (nSPS) is 19.9. The Morgan fingerprint density at radius 1 is 1.19 bits per heavy atom. The van der Waals surface area contributed by atoms with E-state index in [-0.39, 0.29) is 0 Å². The molecular weight excluding hydrogens is 290 g/mol. The predicted molar refractivity (Wildman–Crippen MR) is 86.8 cm³/mol. The molecule has 0 aromatic rings. The SMILES string of the molecule is CCCCCCCCC1CCCN(C)C1.COS(=O)(=O)O. The molecule has 0 bridgehead atoms. The topological polar surface area (TPSA) is 66.8 Å². The Morgan fingerprint density at radius 2 is 1.76 bits per heavy atom. The monoisotopic (exact) mass is 323 g/mol. The molecule has 21 heavy (non-hydrogen) atoms. The molecule has 1 aliphatic rings. The summed E-state index contributed by atoms with van der Waals surface area (Å²) in [6.07, 6.45) is 13.1. The fourth-order valence-electron chi connectivity index (χ4n) is 2.72. The lowest BCUT2D eigenvalue weighted by Gasteiger charge is -2.29. The lowest BCUT2D eigenvalue weighted by atomic mass is 9.92. The molecule has 0 saturated carbocycles. The Balaban J connectivity index is 0.000000567. The van der Waals surface area contributed by atoms with E-state index in [1.807, 2.05) is 0 Å². The van der Waals surface area contributed by atoms with Gasteiger partial charge in [-0.15, -0.1) is 0 Å². The molecule has 1 fully saturated rings. The van der Waals surface area contributed by atoms with E-state index in [1.54, 1.807) is 0 Å². The first-order chi connectivity index (χ1) is 9.89. The zero-order valence-electron chi connectivity index (χ0n) is 13.9. The van der Waals surface area contributed by atoms with Gasteiger partial charge in [0, 0.05) is 6.54 Å². The van der Waals surface area contributed by atoms with Gasteiger partial charge in [-0.25, -0.2) is 0 Å². The largest absolute Gasteiger partial charge is 0.397 e. The van der Waals surface area contributed by atoms with Gasteiger partial charge in [0.25, 0.3) is 0 Å². The molecule has 0 radical (unpaired) electrons. The van der Waals surface area contributed by atoms with Crippen LogP contribution in [0.4, 0.5) is 0 Å². The maximum atomic E-state index is 9.33. The van der Waals surface area contributed by atoms with Gasteiger partial charge in [-0.2, -0.15) is 8.42 Å². The van der Waals surface area contributed by atoms with E-state index < -0.39 is 10.4 Å². The number of likely N-dealkylation sites (tertiary alicyclic amines) is 1. The quantitative estimate of drug-likeness (QED) is 0.547. The Labute approximate surface area is 131 Å². The van der Waals surface area contributed by atoms with Crippen LogP contribution in [0.3, 0.4) is 0 Å². The van der Waals surface area contributed by atoms with E-state index in [4.69, 9.17) is 4.55 Å². The van der Waals surface area contributed by atoms with Crippen molar-refractivity contribution in [2.24, 2.45) is 5.92 Å². The van der Waals surface area contributed by atoms with Crippen molar-refractivity contribution in [1.29, 1.82) is 0 Å². The van der Waals surface area contributed by atoms with E-state index in [0.29, 0.717) is 0 Å². The Hall–Kier alpha value is -0.170. The molecule has 128 valence electrons. The number of rotatable bonds is 8. The first-order valence-corrected chi connectivity index (χ1v) is 9.47. The summed E-state index contributed by atoms with van der Waals surface area (Å²) < 4.78 is 29.7. The maximum absolute atomic E-state index is 9.33. The van der Waals surface area contributed by atoms with E-state index in [9.17, 15) is 8.42 Å².